The number of rotatable bonds is 3. The van der Waals surface area contributed by atoms with Crippen molar-refractivity contribution >= 4 is 45.5 Å². The predicted molar refractivity (Wildman–Crippen MR) is 126 cm³/mol. The van der Waals surface area contributed by atoms with Gasteiger partial charge in [-0.25, -0.2) is 5.43 Å². The fourth-order valence-corrected chi connectivity index (χ4v) is 4.50. The first-order valence-corrected chi connectivity index (χ1v) is 10.6. The molecule has 152 valence electrons. The van der Waals surface area contributed by atoms with Crippen molar-refractivity contribution < 1.29 is 9.90 Å². The Hall–Kier alpha value is -3.77. The van der Waals surface area contributed by atoms with E-state index >= 15 is 0 Å². The van der Waals surface area contributed by atoms with Gasteiger partial charge in [0.05, 0.1) is 22.6 Å². The third-order valence-electron chi connectivity index (χ3n) is 5.21. The Morgan fingerprint density at radius 3 is 2.45 bits per heavy atom. The molecule has 0 saturated carbocycles. The lowest BCUT2D eigenvalue weighted by molar-refractivity contribution is 0.0952. The molecule has 0 aromatic heterocycles. The van der Waals surface area contributed by atoms with Crippen molar-refractivity contribution in [1.82, 2.24) is 5.43 Å². The summed E-state index contributed by atoms with van der Waals surface area (Å²) in [5.41, 5.74) is 6.40. The Labute approximate surface area is 183 Å². The first-order valence-electron chi connectivity index (χ1n) is 9.83. The van der Waals surface area contributed by atoms with Gasteiger partial charge < -0.3 is 10.4 Å². The van der Waals surface area contributed by atoms with Crippen LogP contribution in [0.3, 0.4) is 0 Å². The fraction of sp³-hybridized carbons (Fsp3) is 0.0400. The summed E-state index contributed by atoms with van der Waals surface area (Å²) < 4.78 is 0. The van der Waals surface area contributed by atoms with E-state index in [1.54, 1.807) is 23.9 Å². The molecule has 31 heavy (non-hydrogen) atoms. The van der Waals surface area contributed by atoms with E-state index in [1.165, 1.54) is 4.90 Å². The minimum absolute atomic E-state index is 0.0716. The molecular weight excluding hydrogens is 406 g/mol. The third kappa shape index (κ3) is 3.73. The van der Waals surface area contributed by atoms with Crippen molar-refractivity contribution in [3.05, 3.63) is 90.0 Å². The fourth-order valence-electron chi connectivity index (χ4n) is 3.53. The number of hydrogen-bond acceptors (Lipinski definition) is 5. The Morgan fingerprint density at radius 2 is 1.61 bits per heavy atom. The van der Waals surface area contributed by atoms with Gasteiger partial charge in [-0.2, -0.15) is 5.10 Å². The van der Waals surface area contributed by atoms with Gasteiger partial charge in [0.1, 0.15) is 5.75 Å². The molecule has 0 radical (unpaired) electrons. The number of aromatic hydroxyl groups is 1. The Morgan fingerprint density at radius 1 is 0.903 bits per heavy atom. The van der Waals surface area contributed by atoms with Crippen LogP contribution in [0.5, 0.6) is 5.75 Å². The highest BCUT2D eigenvalue weighted by atomic mass is 32.2. The molecule has 1 aliphatic rings. The first kappa shape index (κ1) is 19.2. The zero-order valence-corrected chi connectivity index (χ0v) is 17.5. The lowest BCUT2D eigenvalue weighted by Crippen LogP contribution is -2.19. The summed E-state index contributed by atoms with van der Waals surface area (Å²) in [5, 5.41) is 19.7. The van der Waals surface area contributed by atoms with Crippen LogP contribution in [0.2, 0.25) is 0 Å². The van der Waals surface area contributed by atoms with E-state index in [0.29, 0.717) is 5.71 Å². The molecule has 5 rings (SSSR count). The molecule has 0 spiro atoms. The summed E-state index contributed by atoms with van der Waals surface area (Å²) in [4.78, 5) is 15.0. The number of hydrazone groups is 1. The van der Waals surface area contributed by atoms with Crippen LogP contribution in [0.1, 0.15) is 22.8 Å². The SMILES string of the molecule is C/C(=N/NC(=O)c1cc2ccccc2cc1O)c1ccc2c(c1)Nc1ccccc1S2. The van der Waals surface area contributed by atoms with Crippen LogP contribution in [-0.4, -0.2) is 16.7 Å². The first-order chi connectivity index (χ1) is 15.1. The monoisotopic (exact) mass is 425 g/mol. The average molecular weight is 426 g/mol. The maximum atomic E-state index is 12.6. The molecule has 1 amide bonds. The van der Waals surface area contributed by atoms with Crippen LogP contribution in [-0.2, 0) is 0 Å². The van der Waals surface area contributed by atoms with E-state index < -0.39 is 5.91 Å². The van der Waals surface area contributed by atoms with Gasteiger partial charge in [0.2, 0.25) is 0 Å². The number of carbonyl (C=O) groups is 1. The van der Waals surface area contributed by atoms with Gasteiger partial charge in [0.15, 0.2) is 0 Å². The maximum Gasteiger partial charge on any atom is 0.275 e. The Bertz CT molecular complexity index is 1360. The van der Waals surface area contributed by atoms with Crippen LogP contribution in [0.25, 0.3) is 10.8 Å². The van der Waals surface area contributed by atoms with E-state index in [-0.39, 0.29) is 11.3 Å². The normalized spacial score (nSPS) is 12.6. The van der Waals surface area contributed by atoms with Crippen molar-refractivity contribution in [3.63, 3.8) is 0 Å². The molecule has 0 bridgehead atoms. The topological polar surface area (TPSA) is 73.7 Å². The summed E-state index contributed by atoms with van der Waals surface area (Å²) in [6, 6.07) is 25.1. The van der Waals surface area contributed by atoms with E-state index in [1.807, 2.05) is 61.5 Å². The van der Waals surface area contributed by atoms with Crippen LogP contribution >= 0.6 is 11.8 Å². The van der Waals surface area contributed by atoms with Gasteiger partial charge in [0.25, 0.3) is 5.91 Å². The number of para-hydroxylation sites is 1. The number of phenols is 1. The molecule has 1 aliphatic heterocycles. The van der Waals surface area contributed by atoms with Gasteiger partial charge in [-0.05, 0) is 59.7 Å². The molecule has 0 fully saturated rings. The molecule has 0 unspecified atom stereocenters. The summed E-state index contributed by atoms with van der Waals surface area (Å²) in [6.07, 6.45) is 0. The van der Waals surface area contributed by atoms with Crippen molar-refractivity contribution in [2.45, 2.75) is 16.7 Å². The van der Waals surface area contributed by atoms with E-state index in [4.69, 9.17) is 0 Å². The molecule has 4 aromatic rings. The number of hydrogen-bond donors (Lipinski definition) is 3. The standard InChI is InChI=1S/C25H19N3O2S/c1-15(16-10-11-24-21(13-16)26-20-8-4-5-9-23(20)31-24)27-28-25(30)19-12-17-6-2-3-7-18(17)14-22(19)29/h2-14,26,29H,1H3,(H,28,30)/b27-15-. The molecule has 0 saturated heterocycles. The quantitative estimate of drug-likeness (QED) is 0.248. The number of anilines is 2. The van der Waals surface area contributed by atoms with Crippen molar-refractivity contribution in [1.29, 1.82) is 0 Å². The van der Waals surface area contributed by atoms with E-state index in [0.717, 1.165) is 32.6 Å². The zero-order chi connectivity index (χ0) is 21.4. The second-order valence-electron chi connectivity index (χ2n) is 7.29. The minimum Gasteiger partial charge on any atom is -0.507 e. The summed E-state index contributed by atoms with van der Waals surface area (Å²) in [6.45, 7) is 1.84. The Balaban J connectivity index is 1.36. The molecule has 0 aliphatic carbocycles. The molecule has 1 heterocycles. The molecular formula is C25H19N3O2S. The second-order valence-corrected chi connectivity index (χ2v) is 8.37. The number of carbonyl (C=O) groups excluding carboxylic acids is 1. The van der Waals surface area contributed by atoms with Crippen molar-refractivity contribution in [2.24, 2.45) is 5.10 Å². The van der Waals surface area contributed by atoms with Gasteiger partial charge in [0, 0.05) is 9.79 Å². The van der Waals surface area contributed by atoms with Crippen molar-refractivity contribution in [2.75, 3.05) is 5.32 Å². The summed E-state index contributed by atoms with van der Waals surface area (Å²) in [5.74, 6) is -0.527. The number of nitrogens with zero attached hydrogens (tertiary/aromatic N) is 1. The largest absolute Gasteiger partial charge is 0.507 e. The molecule has 4 aromatic carbocycles. The van der Waals surface area contributed by atoms with Gasteiger partial charge in [-0.3, -0.25) is 4.79 Å². The van der Waals surface area contributed by atoms with Crippen LogP contribution < -0.4 is 10.7 Å². The smallest absolute Gasteiger partial charge is 0.275 e. The number of nitrogens with one attached hydrogen (secondary N) is 2. The van der Waals surface area contributed by atoms with E-state index in [2.05, 4.69) is 28.0 Å². The summed E-state index contributed by atoms with van der Waals surface area (Å²) in [7, 11) is 0. The van der Waals surface area contributed by atoms with E-state index in [9.17, 15) is 9.90 Å². The van der Waals surface area contributed by atoms with Crippen LogP contribution in [0, 0.1) is 0 Å². The lowest BCUT2D eigenvalue weighted by atomic mass is 10.1. The van der Waals surface area contributed by atoms with Gasteiger partial charge >= 0.3 is 0 Å². The molecule has 0 atom stereocenters. The number of fused-ring (bicyclic) bond motifs is 3. The Kier molecular flexibility index (Phi) is 4.84. The molecule has 3 N–H and O–H groups in total. The average Bonchev–Trinajstić information content (AvgIpc) is 2.80. The maximum absolute atomic E-state index is 12.6. The number of amides is 1. The highest BCUT2D eigenvalue weighted by Gasteiger charge is 2.16. The van der Waals surface area contributed by atoms with Gasteiger partial charge in [-0.1, -0.05) is 54.2 Å². The van der Waals surface area contributed by atoms with Gasteiger partial charge in [-0.15, -0.1) is 0 Å². The zero-order valence-electron chi connectivity index (χ0n) is 16.7. The third-order valence-corrected chi connectivity index (χ3v) is 6.36. The predicted octanol–water partition coefficient (Wildman–Crippen LogP) is 5.91. The van der Waals surface area contributed by atoms with Crippen molar-refractivity contribution in [3.8, 4) is 5.75 Å². The molecule has 6 heteroatoms. The molecule has 5 nitrogen and oxygen atoms in total. The number of benzene rings is 4. The number of phenolic OH excluding ortho intramolecular Hbond substituents is 1. The summed E-state index contributed by atoms with van der Waals surface area (Å²) >= 11 is 1.72. The highest BCUT2D eigenvalue weighted by Crippen LogP contribution is 2.44. The second kappa shape index (κ2) is 7.81. The minimum atomic E-state index is -0.455. The lowest BCUT2D eigenvalue weighted by Gasteiger charge is -2.21. The highest BCUT2D eigenvalue weighted by molar-refractivity contribution is 7.99. The van der Waals surface area contributed by atoms with Crippen LogP contribution in [0.4, 0.5) is 11.4 Å². The van der Waals surface area contributed by atoms with Crippen LogP contribution in [0.15, 0.2) is 93.8 Å².